The quantitative estimate of drug-likeness (QED) is 0.00922. The molecule has 1 rings (SSSR count). The fourth-order valence-corrected chi connectivity index (χ4v) is 14.5. The first-order valence-corrected chi connectivity index (χ1v) is 47.3. The van der Waals surface area contributed by atoms with Crippen molar-refractivity contribution in [2.45, 2.75) is 418 Å². The van der Waals surface area contributed by atoms with Crippen LogP contribution in [0.15, 0.2) is 24.3 Å². The van der Waals surface area contributed by atoms with Crippen LogP contribution in [0.25, 0.3) is 0 Å². The normalized spacial score (nSPS) is 16.7. The number of phosphoric ester groups is 2. The number of carbonyl (C=O) groups excluding carboxylic acids is 6. The summed E-state index contributed by atoms with van der Waals surface area (Å²) in [5, 5.41) is 32.0. The van der Waals surface area contributed by atoms with E-state index in [4.69, 9.17) is 46.5 Å². The van der Waals surface area contributed by atoms with Crippen molar-refractivity contribution in [3.05, 3.63) is 24.3 Å². The third kappa shape index (κ3) is 69.4. The van der Waals surface area contributed by atoms with E-state index >= 15 is 0 Å². The Bertz CT molecular complexity index is 2580. The molecule has 1 aliphatic heterocycles. The van der Waals surface area contributed by atoms with Crippen LogP contribution in [0.5, 0.6) is 0 Å². The molecule has 0 aromatic rings. The van der Waals surface area contributed by atoms with Gasteiger partial charge in [-0.2, -0.15) is 0 Å². The third-order valence-corrected chi connectivity index (χ3v) is 21.6. The van der Waals surface area contributed by atoms with Gasteiger partial charge >= 0.3 is 86.7 Å². The van der Waals surface area contributed by atoms with Gasteiger partial charge in [-0.05, 0) is 117 Å². The number of ether oxygens (including phenoxy) is 6. The number of unbranched alkanes of at least 4 members (excludes halogenated alkanes) is 30. The number of nitrogens with one attached hydrogen (secondary N) is 4. The Morgan fingerprint density at radius 3 is 1.03 bits per heavy atom. The molecule has 115 heavy (non-hydrogen) atoms. The molecule has 0 aromatic heterocycles. The molecule has 8 N–H and O–H groups in total. The summed E-state index contributed by atoms with van der Waals surface area (Å²) in [6, 6.07) is -1.97. The van der Waals surface area contributed by atoms with Crippen molar-refractivity contribution in [1.82, 2.24) is 21.3 Å². The Morgan fingerprint density at radius 1 is 0.400 bits per heavy atom. The number of phosphoric acid groups is 2. The summed E-state index contributed by atoms with van der Waals surface area (Å²) < 4.78 is 83.2. The van der Waals surface area contributed by atoms with E-state index in [9.17, 15) is 57.9 Å². The molecule has 0 saturated carbocycles. The van der Waals surface area contributed by atoms with Gasteiger partial charge in [-0.15, -0.1) is 0 Å². The molecule has 0 aromatic carbocycles. The number of carbonyl (C=O) groups is 6. The van der Waals surface area contributed by atoms with Gasteiger partial charge < -0.3 is 72.5 Å². The van der Waals surface area contributed by atoms with Crippen LogP contribution in [-0.2, 0) is 84.4 Å². The molecule has 30 heteroatoms. The predicted molar refractivity (Wildman–Crippen MR) is 447 cm³/mol. The van der Waals surface area contributed by atoms with Crippen molar-refractivity contribution in [2.75, 3.05) is 65.9 Å². The molecule has 0 aliphatic carbocycles. The van der Waals surface area contributed by atoms with Gasteiger partial charge in [-0.3, -0.25) is 46.9 Å². The molecule has 4 amide bonds. The predicted octanol–water partition coefficient (Wildman–Crippen LogP) is 11.7. The van der Waals surface area contributed by atoms with Crippen molar-refractivity contribution in [3.8, 4) is 0 Å². The van der Waals surface area contributed by atoms with Crippen LogP contribution >= 0.6 is 15.6 Å². The summed E-state index contributed by atoms with van der Waals surface area (Å²) in [5.74, 6) is -4.90. The second kappa shape index (κ2) is 77.1. The standard InChI is InChI=1S/C85H160N4O22P2.2Na.2H/c1-9-15-21-27-30-33-36-42-48-54-76(109-80(95)56-50-44-38-35-32-29-23-17-11-3)66-78(93)89-72(68-103-62-58-74(91)52-46-40-25-19-13-5)70-107-113(100,101)105-64-60-87-84(97)82-81(110-85(7,8)111-82)83(96)86-59-63-104-112(98,99)106-69-71(67-102-61-57-73(90)51-45-39-24-18-12-4)88-77(92)65-75(53-47-41-26-20-14-6)108-79(94)55-49-43-37-34-31-28-22-16-10-2;;;;/h34-35,37-38,71-76,81-82,90-91H,9-33,36,39-70H2,1-8H3,(H,86,96)(H,87,97)(H,88,92)(H,89,93)(H,98,99)(H,100,101);;;;/q;2*+1;2*-1/b37-34+,38-35+;;;;/t71?,72?,73-,74-,75-,76-,81?,82?;;;;/m1..../s1. The van der Waals surface area contributed by atoms with Crippen LogP contribution in [-0.4, -0.2) is 176 Å². The maximum Gasteiger partial charge on any atom is 1.00 e. The zero-order valence-corrected chi connectivity index (χ0v) is 79.3. The second-order valence-corrected chi connectivity index (χ2v) is 34.0. The minimum atomic E-state index is -4.88. The van der Waals surface area contributed by atoms with Crippen LogP contribution < -0.4 is 80.4 Å². The van der Waals surface area contributed by atoms with Gasteiger partial charge in [0.1, 0.15) is 12.2 Å². The number of amides is 4. The Kier molecular flexibility index (Phi) is 77.3. The molecule has 0 bridgehead atoms. The minimum absolute atomic E-state index is 0. The largest absolute Gasteiger partial charge is 1.00 e. The van der Waals surface area contributed by atoms with Crippen molar-refractivity contribution < 1.29 is 166 Å². The Hall–Kier alpha value is -1.72. The molecule has 666 valence electrons. The monoisotopic (exact) mass is 1700 g/mol. The van der Waals surface area contributed by atoms with Gasteiger partial charge in [-0.1, -0.05) is 246 Å². The maximum absolute atomic E-state index is 13.9. The van der Waals surface area contributed by atoms with E-state index in [1.807, 2.05) is 0 Å². The number of rotatable bonds is 80. The summed E-state index contributed by atoms with van der Waals surface area (Å²) in [5.41, 5.74) is 0. The van der Waals surface area contributed by atoms with Crippen molar-refractivity contribution in [1.29, 1.82) is 0 Å². The van der Waals surface area contributed by atoms with Crippen molar-refractivity contribution in [2.24, 2.45) is 0 Å². The molecule has 1 saturated heterocycles. The number of aliphatic hydroxyl groups is 2. The Morgan fingerprint density at radius 2 is 0.696 bits per heavy atom. The van der Waals surface area contributed by atoms with E-state index in [0.29, 0.717) is 51.4 Å². The first-order valence-electron chi connectivity index (χ1n) is 44.4. The Labute approximate surface area is 741 Å². The van der Waals surface area contributed by atoms with Gasteiger partial charge in [-0.25, -0.2) is 9.13 Å². The van der Waals surface area contributed by atoms with Crippen LogP contribution in [0.2, 0.25) is 0 Å². The molecule has 1 fully saturated rings. The SMILES string of the molecule is CCCCCC/C=C/CCCC(=O)O[C@H](CCCCCCC)CC(=O)NC(COCC[C@H](O)CCCCCCC)COP(=O)(O)OCCNC(=O)C1OC(C)(C)OC1C(=O)NCCOP(=O)(O)OCC(COCC[C@H](O)CCCCCCC)NC(=O)C[C@@H](CCCCCCCCCCC)OC(=O)CCC/C=C/CCCCCC.[H-].[H-].[Na+].[Na+]. The summed E-state index contributed by atoms with van der Waals surface area (Å²) in [7, 11) is -9.75. The number of esters is 2. The third-order valence-electron chi connectivity index (χ3n) is 19.6. The molecule has 6 unspecified atom stereocenters. The fourth-order valence-electron chi connectivity index (χ4n) is 13.0. The first kappa shape index (κ1) is 115. The van der Waals surface area contributed by atoms with Gasteiger partial charge in [0.2, 0.25) is 11.8 Å². The van der Waals surface area contributed by atoms with Crippen LogP contribution in [0.4, 0.5) is 0 Å². The number of allylic oxidation sites excluding steroid dienone is 4. The van der Waals surface area contributed by atoms with E-state index in [1.54, 1.807) is 0 Å². The molecule has 26 nitrogen and oxygen atoms in total. The molecule has 1 heterocycles. The van der Waals surface area contributed by atoms with E-state index in [1.165, 1.54) is 78.1 Å². The minimum Gasteiger partial charge on any atom is -1.00 e. The van der Waals surface area contributed by atoms with E-state index in [0.717, 1.165) is 167 Å². The van der Waals surface area contributed by atoms with Crippen LogP contribution in [0, 0.1) is 0 Å². The summed E-state index contributed by atoms with van der Waals surface area (Å²) in [6.07, 6.45) is 45.0. The van der Waals surface area contributed by atoms with E-state index < -0.39 is 126 Å². The van der Waals surface area contributed by atoms with Crippen molar-refractivity contribution in [3.63, 3.8) is 0 Å². The number of hydrogen-bond acceptors (Lipinski definition) is 20. The molecule has 10 atom stereocenters. The zero-order chi connectivity index (χ0) is 83.3. The Balaban J connectivity index is -0.0000160. The summed E-state index contributed by atoms with van der Waals surface area (Å²) in [6.45, 7) is 12.9. The average molecular weight is 1700 g/mol. The van der Waals surface area contributed by atoms with E-state index in [-0.39, 0.29) is 133 Å². The topological polar surface area (TPSA) is 358 Å². The molecule has 0 radical (unpaired) electrons. The number of aliphatic hydroxyl groups excluding tert-OH is 2. The smallest absolute Gasteiger partial charge is 1.00 e. The zero-order valence-electron chi connectivity index (χ0n) is 75.5. The summed E-state index contributed by atoms with van der Waals surface area (Å²) in [4.78, 5) is 103. The molecular formula is C85H162N4Na2O22P2. The fraction of sp³-hybridized carbons (Fsp3) is 0.882. The van der Waals surface area contributed by atoms with E-state index in [2.05, 4.69) is 87.1 Å². The van der Waals surface area contributed by atoms with Gasteiger partial charge in [0.15, 0.2) is 18.0 Å². The average Bonchev–Trinajstić information content (AvgIpc) is 1.66. The van der Waals surface area contributed by atoms with Gasteiger partial charge in [0.25, 0.3) is 11.8 Å². The van der Waals surface area contributed by atoms with Gasteiger partial charge in [0, 0.05) is 39.1 Å². The molecule has 0 spiro atoms. The molecular weight excluding hydrogens is 1540 g/mol. The second-order valence-electron chi connectivity index (χ2n) is 31.1. The summed E-state index contributed by atoms with van der Waals surface area (Å²) >= 11 is 0. The van der Waals surface area contributed by atoms with Crippen LogP contribution in [0.1, 0.15) is 366 Å². The van der Waals surface area contributed by atoms with Crippen LogP contribution in [0.3, 0.4) is 0 Å². The van der Waals surface area contributed by atoms with Gasteiger partial charge in [0.05, 0.1) is 76.8 Å². The molecule has 1 aliphatic rings. The maximum atomic E-state index is 13.9. The van der Waals surface area contributed by atoms with Crippen molar-refractivity contribution >= 4 is 51.2 Å². The first-order chi connectivity index (χ1) is 54.4. The number of hydrogen-bond donors (Lipinski definition) is 8.